The summed E-state index contributed by atoms with van der Waals surface area (Å²) >= 11 is 0. The summed E-state index contributed by atoms with van der Waals surface area (Å²) in [6, 6.07) is 9.26. The number of ketones is 1. The first-order valence-corrected chi connectivity index (χ1v) is 10.2. The van der Waals surface area contributed by atoms with Gasteiger partial charge in [0.05, 0.1) is 5.92 Å². The highest BCUT2D eigenvalue weighted by molar-refractivity contribution is 6.13. The molecular formula is C24H26N4O2. The quantitative estimate of drug-likeness (QED) is 0.832. The summed E-state index contributed by atoms with van der Waals surface area (Å²) in [6.45, 7) is 7.91. The van der Waals surface area contributed by atoms with Gasteiger partial charge in [-0.1, -0.05) is 26.0 Å². The van der Waals surface area contributed by atoms with Gasteiger partial charge in [-0.2, -0.15) is 0 Å². The Morgan fingerprint density at radius 3 is 2.63 bits per heavy atom. The summed E-state index contributed by atoms with van der Waals surface area (Å²) in [5, 5.41) is 2.92. The third kappa shape index (κ3) is 3.82. The molecule has 1 aliphatic carbocycles. The Labute approximate surface area is 176 Å². The van der Waals surface area contributed by atoms with Crippen molar-refractivity contribution in [2.45, 2.75) is 46.5 Å². The van der Waals surface area contributed by atoms with Crippen LogP contribution in [0, 0.1) is 18.3 Å². The zero-order valence-corrected chi connectivity index (χ0v) is 17.8. The van der Waals surface area contributed by atoms with Crippen molar-refractivity contribution in [1.82, 2.24) is 9.97 Å². The van der Waals surface area contributed by atoms with Gasteiger partial charge in [0.1, 0.15) is 5.82 Å². The highest BCUT2D eigenvalue weighted by Gasteiger charge is 2.45. The van der Waals surface area contributed by atoms with Gasteiger partial charge in [-0.3, -0.25) is 19.6 Å². The van der Waals surface area contributed by atoms with Crippen LogP contribution < -0.4 is 5.32 Å². The number of anilines is 1. The van der Waals surface area contributed by atoms with Crippen LogP contribution in [0.25, 0.3) is 0 Å². The molecule has 4 rings (SSSR count). The van der Waals surface area contributed by atoms with Gasteiger partial charge in [-0.05, 0) is 49.4 Å². The minimum absolute atomic E-state index is 0.0674. The highest BCUT2D eigenvalue weighted by atomic mass is 16.2. The summed E-state index contributed by atoms with van der Waals surface area (Å²) < 4.78 is 0. The molecule has 2 aliphatic rings. The van der Waals surface area contributed by atoms with Crippen LogP contribution in [0.3, 0.4) is 0 Å². The maximum Gasteiger partial charge on any atom is 0.235 e. The van der Waals surface area contributed by atoms with E-state index in [1.54, 1.807) is 18.5 Å². The molecule has 6 nitrogen and oxygen atoms in total. The van der Waals surface area contributed by atoms with E-state index in [0.717, 1.165) is 23.4 Å². The first-order chi connectivity index (χ1) is 14.2. The average Bonchev–Trinajstić information content (AvgIpc) is 2.66. The standard InChI is InChI=1S/C24H26N4O2/c1-14-7-5-9-19(26-14)28-23(30)20-15(2)27-17-11-24(3,4)12-18(29)22(17)21(20)16-8-6-10-25-13-16/h5-10,13,20-21H,11-12H2,1-4H3,(H,26,28,30)/t20?,21-/m1/s1. The number of nitrogens with one attached hydrogen (secondary N) is 1. The SMILES string of the molecule is CC1=NC2=C(C(=O)CC(C)(C)C2)[C@H](c2cccnc2)C1C(=O)Nc1cccc(C)n1. The molecule has 30 heavy (non-hydrogen) atoms. The van der Waals surface area contributed by atoms with Crippen LogP contribution in [-0.4, -0.2) is 27.4 Å². The van der Waals surface area contributed by atoms with Gasteiger partial charge in [0.2, 0.25) is 5.91 Å². The van der Waals surface area contributed by atoms with E-state index < -0.39 is 11.8 Å². The molecule has 3 heterocycles. The smallest absolute Gasteiger partial charge is 0.235 e. The van der Waals surface area contributed by atoms with Gasteiger partial charge in [0.25, 0.3) is 0 Å². The van der Waals surface area contributed by atoms with Gasteiger partial charge in [-0.25, -0.2) is 4.98 Å². The van der Waals surface area contributed by atoms with E-state index in [4.69, 9.17) is 4.99 Å². The molecule has 6 heteroatoms. The number of aliphatic imine (C=N–C) groups is 1. The molecule has 0 radical (unpaired) electrons. The zero-order chi connectivity index (χ0) is 21.5. The Hall–Kier alpha value is -3.15. The molecule has 1 N–H and O–H groups in total. The molecule has 1 amide bonds. The lowest BCUT2D eigenvalue weighted by Crippen LogP contribution is -2.41. The minimum atomic E-state index is -0.597. The third-order valence-electron chi connectivity index (χ3n) is 5.77. The summed E-state index contributed by atoms with van der Waals surface area (Å²) in [7, 11) is 0. The molecule has 0 aromatic carbocycles. The zero-order valence-electron chi connectivity index (χ0n) is 17.8. The van der Waals surface area contributed by atoms with E-state index in [-0.39, 0.29) is 17.1 Å². The van der Waals surface area contributed by atoms with Crippen LogP contribution in [0.4, 0.5) is 5.82 Å². The number of carbonyl (C=O) groups excluding carboxylic acids is 2. The Morgan fingerprint density at radius 1 is 1.13 bits per heavy atom. The maximum absolute atomic E-state index is 13.4. The van der Waals surface area contributed by atoms with E-state index in [0.29, 0.717) is 23.5 Å². The predicted octanol–water partition coefficient (Wildman–Crippen LogP) is 4.24. The Morgan fingerprint density at radius 2 is 1.93 bits per heavy atom. The fourth-order valence-electron chi connectivity index (χ4n) is 4.52. The number of Topliss-reactive ketones (excluding diaryl/α,β-unsaturated/α-hetero) is 1. The molecule has 0 bridgehead atoms. The van der Waals surface area contributed by atoms with Crippen molar-refractivity contribution < 1.29 is 9.59 Å². The van der Waals surface area contributed by atoms with Crippen molar-refractivity contribution in [3.05, 3.63) is 65.3 Å². The molecule has 0 saturated heterocycles. The second-order valence-electron chi connectivity index (χ2n) is 8.95. The monoisotopic (exact) mass is 402 g/mol. The number of aryl methyl sites for hydroxylation is 1. The normalized spacial score (nSPS) is 22.9. The van der Waals surface area contributed by atoms with Gasteiger partial charge in [0.15, 0.2) is 5.78 Å². The Bertz CT molecular complexity index is 1070. The molecule has 2 aromatic heterocycles. The third-order valence-corrected chi connectivity index (χ3v) is 5.77. The van der Waals surface area contributed by atoms with Crippen LogP contribution in [0.1, 0.15) is 50.8 Å². The minimum Gasteiger partial charge on any atom is -0.310 e. The lowest BCUT2D eigenvalue weighted by molar-refractivity contribution is -0.119. The van der Waals surface area contributed by atoms with Crippen molar-refractivity contribution in [2.75, 3.05) is 5.32 Å². The first kappa shape index (κ1) is 20.1. The van der Waals surface area contributed by atoms with Crippen LogP contribution >= 0.6 is 0 Å². The van der Waals surface area contributed by atoms with E-state index in [2.05, 4.69) is 29.1 Å². The Kier molecular flexibility index (Phi) is 5.10. The average molecular weight is 402 g/mol. The molecule has 0 saturated carbocycles. The second kappa shape index (κ2) is 7.59. The fourth-order valence-corrected chi connectivity index (χ4v) is 4.52. The van der Waals surface area contributed by atoms with Crippen molar-refractivity contribution >= 4 is 23.2 Å². The number of rotatable bonds is 3. The van der Waals surface area contributed by atoms with E-state index in [9.17, 15) is 9.59 Å². The lowest BCUT2D eigenvalue weighted by atomic mass is 9.67. The van der Waals surface area contributed by atoms with Crippen LogP contribution in [-0.2, 0) is 9.59 Å². The number of amides is 1. The summed E-state index contributed by atoms with van der Waals surface area (Å²) in [4.78, 5) is 40.0. The van der Waals surface area contributed by atoms with Crippen molar-refractivity contribution in [3.63, 3.8) is 0 Å². The van der Waals surface area contributed by atoms with Crippen LogP contribution in [0.2, 0.25) is 0 Å². The lowest BCUT2D eigenvalue weighted by Gasteiger charge is -2.39. The number of hydrogen-bond acceptors (Lipinski definition) is 5. The number of hydrogen-bond donors (Lipinski definition) is 1. The van der Waals surface area contributed by atoms with Crippen LogP contribution in [0.15, 0.2) is 59.0 Å². The predicted molar refractivity (Wildman–Crippen MR) is 116 cm³/mol. The van der Waals surface area contributed by atoms with Gasteiger partial charge >= 0.3 is 0 Å². The number of aromatic nitrogens is 2. The molecule has 154 valence electrons. The van der Waals surface area contributed by atoms with Crippen LogP contribution in [0.5, 0.6) is 0 Å². The number of pyridine rings is 2. The largest absolute Gasteiger partial charge is 0.310 e. The molecule has 1 unspecified atom stereocenters. The second-order valence-corrected chi connectivity index (χ2v) is 8.95. The number of nitrogens with zero attached hydrogens (tertiary/aromatic N) is 3. The first-order valence-electron chi connectivity index (χ1n) is 10.2. The van der Waals surface area contributed by atoms with E-state index in [1.165, 1.54) is 0 Å². The molecule has 0 spiro atoms. The highest BCUT2D eigenvalue weighted by Crippen LogP contribution is 2.47. The summed E-state index contributed by atoms with van der Waals surface area (Å²) in [6.07, 6.45) is 4.60. The Balaban J connectivity index is 1.78. The van der Waals surface area contributed by atoms with E-state index in [1.807, 2.05) is 38.1 Å². The number of carbonyl (C=O) groups is 2. The van der Waals surface area contributed by atoms with Crippen molar-refractivity contribution in [1.29, 1.82) is 0 Å². The van der Waals surface area contributed by atoms with Gasteiger partial charge in [0, 0.05) is 47.4 Å². The van der Waals surface area contributed by atoms with Gasteiger partial charge < -0.3 is 5.32 Å². The maximum atomic E-state index is 13.4. The van der Waals surface area contributed by atoms with Gasteiger partial charge in [-0.15, -0.1) is 0 Å². The molecule has 2 atom stereocenters. The molecule has 1 aliphatic heterocycles. The summed E-state index contributed by atoms with van der Waals surface area (Å²) in [5.74, 6) is -0.654. The van der Waals surface area contributed by atoms with E-state index >= 15 is 0 Å². The number of allylic oxidation sites excluding steroid dienone is 2. The summed E-state index contributed by atoms with van der Waals surface area (Å²) in [5.41, 5.74) is 3.70. The molecular weight excluding hydrogens is 376 g/mol. The topological polar surface area (TPSA) is 84.3 Å². The van der Waals surface area contributed by atoms with Crippen molar-refractivity contribution in [3.8, 4) is 0 Å². The van der Waals surface area contributed by atoms with Crippen molar-refractivity contribution in [2.24, 2.45) is 16.3 Å². The fraction of sp³-hybridized carbons (Fsp3) is 0.375. The molecule has 2 aromatic rings. The molecule has 0 fully saturated rings.